The van der Waals surface area contributed by atoms with Crippen molar-refractivity contribution in [3.8, 4) is 0 Å². The van der Waals surface area contributed by atoms with Gasteiger partial charge in [0, 0.05) is 30.3 Å². The Bertz CT molecular complexity index is 1400. The molecule has 3 aromatic rings. The van der Waals surface area contributed by atoms with Crippen molar-refractivity contribution in [2.24, 2.45) is 5.92 Å². The molecule has 0 bridgehead atoms. The van der Waals surface area contributed by atoms with E-state index in [0.717, 1.165) is 17.5 Å². The van der Waals surface area contributed by atoms with Crippen LogP contribution in [-0.4, -0.2) is 54.8 Å². The Hall–Kier alpha value is -4.50. The Labute approximate surface area is 267 Å². The van der Waals surface area contributed by atoms with Crippen molar-refractivity contribution < 1.29 is 19.2 Å². The molecule has 3 aromatic carbocycles. The monoisotopic (exact) mass is 613 g/mol. The zero-order valence-electron chi connectivity index (χ0n) is 26.9. The molecule has 5 N–H and O–H groups in total. The number of likely N-dealkylation sites (N-methyl/N-ethyl adjacent to an activating group) is 1. The van der Waals surface area contributed by atoms with Crippen LogP contribution >= 0.6 is 0 Å². The fraction of sp³-hybridized carbons (Fsp3) is 0.389. The van der Waals surface area contributed by atoms with Gasteiger partial charge in [-0.05, 0) is 61.9 Å². The molecule has 0 aromatic heterocycles. The van der Waals surface area contributed by atoms with Crippen LogP contribution in [0, 0.1) is 5.92 Å². The van der Waals surface area contributed by atoms with Gasteiger partial charge in [-0.2, -0.15) is 0 Å². The average Bonchev–Trinajstić information content (AvgIpc) is 3.05. The van der Waals surface area contributed by atoms with Crippen LogP contribution in [-0.2, 0) is 16.0 Å². The Morgan fingerprint density at radius 3 is 1.87 bits per heavy atom. The van der Waals surface area contributed by atoms with Crippen molar-refractivity contribution in [1.82, 2.24) is 26.6 Å². The molecule has 0 aliphatic carbocycles. The van der Waals surface area contributed by atoms with Crippen LogP contribution in [0.15, 0.2) is 84.9 Å². The first-order chi connectivity index (χ1) is 21.6. The maximum atomic E-state index is 13.5. The van der Waals surface area contributed by atoms with Gasteiger partial charge < -0.3 is 26.6 Å². The lowest BCUT2D eigenvalue weighted by atomic mass is 10.0. The van der Waals surface area contributed by atoms with Gasteiger partial charge in [0.15, 0.2) is 0 Å². The molecule has 0 saturated heterocycles. The Balaban J connectivity index is 1.69. The summed E-state index contributed by atoms with van der Waals surface area (Å²) in [6.45, 7) is 10.1. The minimum atomic E-state index is -0.647. The number of benzene rings is 3. The lowest BCUT2D eigenvalue weighted by molar-refractivity contribution is -0.130. The van der Waals surface area contributed by atoms with E-state index in [-0.39, 0.29) is 41.6 Å². The van der Waals surface area contributed by atoms with E-state index in [1.54, 1.807) is 31.2 Å². The molecule has 0 radical (unpaired) electrons. The molecule has 0 heterocycles. The zero-order valence-corrected chi connectivity index (χ0v) is 26.9. The molecule has 45 heavy (non-hydrogen) atoms. The number of carbonyl (C=O) groups excluding carboxylic acids is 4. The number of nitrogens with one attached hydrogen (secondary N) is 5. The Morgan fingerprint density at radius 1 is 0.689 bits per heavy atom. The van der Waals surface area contributed by atoms with Crippen LogP contribution in [0.2, 0.25) is 0 Å². The molecule has 0 aliphatic heterocycles. The molecular formula is C36H47N5O4. The molecule has 0 unspecified atom stereocenters. The molecule has 0 spiro atoms. The summed E-state index contributed by atoms with van der Waals surface area (Å²) in [4.78, 5) is 52.0. The summed E-state index contributed by atoms with van der Waals surface area (Å²) >= 11 is 0. The van der Waals surface area contributed by atoms with E-state index >= 15 is 0 Å². The molecule has 9 heteroatoms. The lowest BCUT2D eigenvalue weighted by Crippen LogP contribution is -2.55. The van der Waals surface area contributed by atoms with Gasteiger partial charge in [-0.25, -0.2) is 0 Å². The third-order valence-corrected chi connectivity index (χ3v) is 7.62. The van der Waals surface area contributed by atoms with Crippen LogP contribution in [0.5, 0.6) is 0 Å². The molecule has 9 nitrogen and oxygen atoms in total. The second-order valence-corrected chi connectivity index (χ2v) is 11.5. The van der Waals surface area contributed by atoms with Gasteiger partial charge in [-0.15, -0.1) is 0 Å². The fourth-order valence-electron chi connectivity index (χ4n) is 5.00. The second kappa shape index (κ2) is 17.7. The van der Waals surface area contributed by atoms with Gasteiger partial charge in [0.2, 0.25) is 11.8 Å². The van der Waals surface area contributed by atoms with Gasteiger partial charge in [-0.3, -0.25) is 19.2 Å². The van der Waals surface area contributed by atoms with Crippen molar-refractivity contribution in [1.29, 1.82) is 0 Å². The van der Waals surface area contributed by atoms with E-state index in [9.17, 15) is 19.2 Å². The van der Waals surface area contributed by atoms with Crippen molar-refractivity contribution in [3.05, 3.63) is 107 Å². The van der Waals surface area contributed by atoms with Crippen molar-refractivity contribution >= 4 is 23.6 Å². The molecule has 4 atom stereocenters. The number of amides is 4. The van der Waals surface area contributed by atoms with Crippen LogP contribution in [0.3, 0.4) is 0 Å². The van der Waals surface area contributed by atoms with Gasteiger partial charge in [-0.1, -0.05) is 87.5 Å². The molecule has 240 valence electrons. The summed E-state index contributed by atoms with van der Waals surface area (Å²) in [5.41, 5.74) is 2.80. The van der Waals surface area contributed by atoms with Gasteiger partial charge in [0.25, 0.3) is 11.8 Å². The number of rotatable bonds is 16. The topological polar surface area (TPSA) is 128 Å². The third-order valence-electron chi connectivity index (χ3n) is 7.62. The maximum absolute atomic E-state index is 13.5. The first-order valence-corrected chi connectivity index (χ1v) is 15.7. The number of hydrogen-bond donors (Lipinski definition) is 5. The summed E-state index contributed by atoms with van der Waals surface area (Å²) in [6, 6.07) is 24.5. The largest absolute Gasteiger partial charge is 0.355 e. The summed E-state index contributed by atoms with van der Waals surface area (Å²) < 4.78 is 0. The first-order valence-electron chi connectivity index (χ1n) is 15.7. The van der Waals surface area contributed by atoms with Gasteiger partial charge in [0.05, 0.1) is 12.1 Å². The second-order valence-electron chi connectivity index (χ2n) is 11.5. The molecule has 0 saturated carbocycles. The zero-order chi connectivity index (χ0) is 32.8. The SMILES string of the molecule is CCNC(=O)[C@@H](NC(=O)[C@H](C)NC[C@H](Cc1ccccc1)NC(=O)c1cccc(C(=O)N[C@H](CC)c2ccccc2)c1)C(C)C. The molecule has 0 aliphatic rings. The van der Waals surface area contributed by atoms with Crippen LogP contribution in [0.1, 0.15) is 78.9 Å². The minimum absolute atomic E-state index is 0.0816. The predicted octanol–water partition coefficient (Wildman–Crippen LogP) is 4.16. The highest BCUT2D eigenvalue weighted by Gasteiger charge is 2.26. The van der Waals surface area contributed by atoms with E-state index in [2.05, 4.69) is 26.6 Å². The summed E-state index contributed by atoms with van der Waals surface area (Å²) in [5.74, 6) is -1.18. The van der Waals surface area contributed by atoms with Gasteiger partial charge >= 0.3 is 0 Å². The molecule has 4 amide bonds. The summed E-state index contributed by atoms with van der Waals surface area (Å²) in [6.07, 6.45) is 1.25. The average molecular weight is 614 g/mol. The Morgan fingerprint density at radius 2 is 1.29 bits per heavy atom. The van der Waals surface area contributed by atoms with Crippen molar-refractivity contribution in [3.63, 3.8) is 0 Å². The smallest absolute Gasteiger partial charge is 0.251 e. The van der Waals surface area contributed by atoms with Crippen molar-refractivity contribution in [2.75, 3.05) is 13.1 Å². The molecule has 0 fully saturated rings. The minimum Gasteiger partial charge on any atom is -0.355 e. The number of carbonyl (C=O) groups is 4. The van der Waals surface area contributed by atoms with E-state index in [0.29, 0.717) is 30.6 Å². The van der Waals surface area contributed by atoms with E-state index in [4.69, 9.17) is 0 Å². The fourth-order valence-corrected chi connectivity index (χ4v) is 5.00. The number of hydrogen-bond acceptors (Lipinski definition) is 5. The quantitative estimate of drug-likeness (QED) is 0.166. The van der Waals surface area contributed by atoms with E-state index in [1.807, 2.05) is 88.4 Å². The van der Waals surface area contributed by atoms with E-state index < -0.39 is 12.1 Å². The summed E-state index contributed by atoms with van der Waals surface area (Å²) in [7, 11) is 0. The normalized spacial score (nSPS) is 13.6. The standard InChI is InChI=1S/C36H47N5O4/c1-6-31(27-17-12-9-13-18-27)40-35(44)29-20-14-19-28(22-29)34(43)39-30(21-26-15-10-8-11-16-26)23-38-25(5)33(42)41-32(24(3)4)36(45)37-7-2/h8-20,22,24-25,30-32,38H,6-7,21,23H2,1-5H3,(H,37,45)(H,39,43)(H,40,44)(H,41,42)/t25-,30-,31+,32-/m0/s1. The Kier molecular flexibility index (Phi) is 13.8. The first kappa shape index (κ1) is 35.0. The highest BCUT2D eigenvalue weighted by molar-refractivity contribution is 6.00. The highest BCUT2D eigenvalue weighted by Crippen LogP contribution is 2.17. The van der Waals surface area contributed by atoms with Crippen molar-refractivity contribution in [2.45, 2.75) is 71.6 Å². The molecular weight excluding hydrogens is 566 g/mol. The maximum Gasteiger partial charge on any atom is 0.251 e. The lowest BCUT2D eigenvalue weighted by Gasteiger charge is -2.25. The predicted molar refractivity (Wildman–Crippen MR) is 178 cm³/mol. The van der Waals surface area contributed by atoms with E-state index in [1.165, 1.54) is 0 Å². The van der Waals surface area contributed by atoms with Crippen LogP contribution in [0.25, 0.3) is 0 Å². The van der Waals surface area contributed by atoms with Gasteiger partial charge in [0.1, 0.15) is 6.04 Å². The molecule has 3 rings (SSSR count). The van der Waals surface area contributed by atoms with Crippen LogP contribution in [0.4, 0.5) is 0 Å². The summed E-state index contributed by atoms with van der Waals surface area (Å²) in [5, 5.41) is 15.0. The third kappa shape index (κ3) is 10.9. The highest BCUT2D eigenvalue weighted by atomic mass is 16.2. The van der Waals surface area contributed by atoms with Crippen LogP contribution < -0.4 is 26.6 Å².